The van der Waals surface area contributed by atoms with Gasteiger partial charge in [0.15, 0.2) is 0 Å². The lowest BCUT2D eigenvalue weighted by atomic mass is 9.93. The van der Waals surface area contributed by atoms with Crippen LogP contribution in [-0.2, 0) is 14.3 Å². The van der Waals surface area contributed by atoms with Gasteiger partial charge < -0.3 is 19.5 Å². The van der Waals surface area contributed by atoms with Gasteiger partial charge in [-0.25, -0.2) is 0 Å². The zero-order chi connectivity index (χ0) is 22.8. The molecule has 32 heavy (non-hydrogen) atoms. The number of amides is 1. The van der Waals surface area contributed by atoms with Gasteiger partial charge in [-0.1, -0.05) is 38.1 Å². The predicted octanol–water partition coefficient (Wildman–Crippen LogP) is 4.42. The van der Waals surface area contributed by atoms with Crippen molar-refractivity contribution in [2.75, 3.05) is 20.3 Å². The molecule has 2 atom stereocenters. The summed E-state index contributed by atoms with van der Waals surface area (Å²) in [7, 11) is 1.56. The number of ether oxygens (including phenoxy) is 2. The molecule has 2 aliphatic heterocycles. The van der Waals surface area contributed by atoms with Crippen molar-refractivity contribution >= 4 is 17.4 Å². The molecule has 0 spiro atoms. The monoisotopic (exact) mass is 435 g/mol. The first-order valence-electron chi connectivity index (χ1n) is 11.0. The number of benzene rings is 2. The van der Waals surface area contributed by atoms with Crippen molar-refractivity contribution in [2.24, 2.45) is 0 Å². The van der Waals surface area contributed by atoms with E-state index >= 15 is 0 Å². The van der Waals surface area contributed by atoms with Gasteiger partial charge in [0.05, 0.1) is 24.8 Å². The summed E-state index contributed by atoms with van der Waals surface area (Å²) >= 11 is 0. The van der Waals surface area contributed by atoms with Gasteiger partial charge in [-0.3, -0.25) is 9.59 Å². The van der Waals surface area contributed by atoms with E-state index in [0.29, 0.717) is 30.4 Å². The van der Waals surface area contributed by atoms with E-state index in [1.165, 1.54) is 5.56 Å². The Labute approximate surface area is 188 Å². The molecule has 6 nitrogen and oxygen atoms in total. The summed E-state index contributed by atoms with van der Waals surface area (Å²) in [5.74, 6) is -0.454. The number of carbonyl (C=O) groups is 2. The first-order chi connectivity index (χ1) is 15.4. The topological polar surface area (TPSA) is 76.1 Å². The van der Waals surface area contributed by atoms with Crippen LogP contribution in [0.4, 0.5) is 0 Å². The molecule has 2 heterocycles. The van der Waals surface area contributed by atoms with Gasteiger partial charge >= 0.3 is 0 Å². The van der Waals surface area contributed by atoms with Crippen LogP contribution in [0.25, 0.3) is 5.76 Å². The Morgan fingerprint density at radius 2 is 1.81 bits per heavy atom. The number of Topliss-reactive ketones (excluding diaryl/α,β-unsaturated/α-hetero) is 1. The second-order valence-electron chi connectivity index (χ2n) is 8.64. The van der Waals surface area contributed by atoms with Gasteiger partial charge in [0.1, 0.15) is 11.5 Å². The number of rotatable bonds is 6. The van der Waals surface area contributed by atoms with Crippen molar-refractivity contribution in [3.8, 4) is 5.75 Å². The lowest BCUT2D eigenvalue weighted by molar-refractivity contribution is -0.140. The number of carbonyl (C=O) groups excluding carboxylic acids is 2. The van der Waals surface area contributed by atoms with E-state index in [1.54, 1.807) is 36.3 Å². The third kappa shape index (κ3) is 4.15. The van der Waals surface area contributed by atoms with Gasteiger partial charge in [0.2, 0.25) is 0 Å². The fraction of sp³-hybridized carbons (Fsp3) is 0.385. The van der Waals surface area contributed by atoms with Crippen LogP contribution in [0.2, 0.25) is 0 Å². The van der Waals surface area contributed by atoms with Crippen LogP contribution < -0.4 is 4.74 Å². The smallest absolute Gasteiger partial charge is 0.295 e. The molecule has 0 unspecified atom stereocenters. The van der Waals surface area contributed by atoms with E-state index in [2.05, 4.69) is 13.8 Å². The molecule has 2 fully saturated rings. The molecule has 168 valence electrons. The molecule has 2 saturated heterocycles. The summed E-state index contributed by atoms with van der Waals surface area (Å²) in [5.41, 5.74) is 2.53. The van der Waals surface area contributed by atoms with E-state index in [4.69, 9.17) is 9.47 Å². The van der Waals surface area contributed by atoms with E-state index in [9.17, 15) is 14.7 Å². The number of nitrogens with zero attached hydrogens (tertiary/aromatic N) is 1. The molecule has 0 bridgehead atoms. The third-order valence-electron chi connectivity index (χ3n) is 6.25. The Morgan fingerprint density at radius 3 is 2.38 bits per heavy atom. The lowest BCUT2D eigenvalue weighted by Gasteiger charge is -2.27. The number of hydrogen-bond acceptors (Lipinski definition) is 5. The van der Waals surface area contributed by atoms with Crippen LogP contribution in [0.3, 0.4) is 0 Å². The van der Waals surface area contributed by atoms with Gasteiger partial charge in [0.25, 0.3) is 11.7 Å². The first-order valence-corrected chi connectivity index (χ1v) is 11.0. The average Bonchev–Trinajstić information content (AvgIpc) is 3.41. The van der Waals surface area contributed by atoms with Crippen LogP contribution in [0.1, 0.15) is 55.3 Å². The van der Waals surface area contributed by atoms with E-state index in [0.717, 1.165) is 18.4 Å². The summed E-state index contributed by atoms with van der Waals surface area (Å²) in [6.45, 7) is 5.21. The minimum atomic E-state index is -0.672. The highest BCUT2D eigenvalue weighted by atomic mass is 16.5. The summed E-state index contributed by atoms with van der Waals surface area (Å²) in [4.78, 5) is 27.7. The van der Waals surface area contributed by atoms with Gasteiger partial charge in [-0.05, 0) is 54.2 Å². The summed E-state index contributed by atoms with van der Waals surface area (Å²) < 4.78 is 10.9. The van der Waals surface area contributed by atoms with E-state index in [1.807, 2.05) is 24.3 Å². The number of methoxy groups -OCH3 is 1. The first kappa shape index (κ1) is 22.1. The standard InChI is InChI=1S/C26H29NO5/c1-16(2)17-6-8-18(9-7-17)23-22(24(28)19-10-12-20(31-3)13-11-19)25(29)26(30)27(23)15-21-5-4-14-32-21/h6-13,16,21,23,28H,4-5,14-15H2,1-3H3/b24-22+/t21-,23+/m1/s1. The molecule has 1 N–H and O–H groups in total. The number of aliphatic hydroxyl groups is 1. The quantitative estimate of drug-likeness (QED) is 0.413. The predicted molar refractivity (Wildman–Crippen MR) is 122 cm³/mol. The van der Waals surface area contributed by atoms with Crippen molar-refractivity contribution in [3.05, 3.63) is 70.8 Å². The molecule has 2 aliphatic rings. The lowest BCUT2D eigenvalue weighted by Crippen LogP contribution is -2.36. The molecule has 1 amide bonds. The normalized spacial score (nSPS) is 22.7. The van der Waals surface area contributed by atoms with Gasteiger partial charge in [-0.15, -0.1) is 0 Å². The van der Waals surface area contributed by atoms with Crippen molar-refractivity contribution in [3.63, 3.8) is 0 Å². The summed E-state index contributed by atoms with van der Waals surface area (Å²) in [6, 6.07) is 14.0. The van der Waals surface area contributed by atoms with Crippen LogP contribution in [0, 0.1) is 0 Å². The van der Waals surface area contributed by atoms with Crippen LogP contribution >= 0.6 is 0 Å². The Kier molecular flexibility index (Phi) is 6.33. The minimum Gasteiger partial charge on any atom is -0.507 e. The fourth-order valence-electron chi connectivity index (χ4n) is 4.39. The van der Waals surface area contributed by atoms with Crippen molar-refractivity contribution in [2.45, 2.75) is 44.8 Å². The largest absolute Gasteiger partial charge is 0.507 e. The number of aliphatic hydroxyl groups excluding tert-OH is 1. The third-order valence-corrected chi connectivity index (χ3v) is 6.25. The SMILES string of the molecule is COc1ccc(/C(O)=C2\C(=O)C(=O)N(C[C@H]3CCCO3)[C@H]2c2ccc(C(C)C)cc2)cc1. The Balaban J connectivity index is 1.79. The Hall–Kier alpha value is -3.12. The van der Waals surface area contributed by atoms with Gasteiger partial charge in [-0.2, -0.15) is 0 Å². The Bertz CT molecular complexity index is 1020. The maximum Gasteiger partial charge on any atom is 0.295 e. The van der Waals surface area contributed by atoms with Crippen molar-refractivity contribution < 1.29 is 24.2 Å². The van der Waals surface area contributed by atoms with Crippen molar-refractivity contribution in [1.29, 1.82) is 0 Å². The van der Waals surface area contributed by atoms with Crippen LogP contribution in [-0.4, -0.2) is 48.1 Å². The maximum absolute atomic E-state index is 13.1. The van der Waals surface area contributed by atoms with Gasteiger partial charge in [0, 0.05) is 18.7 Å². The molecule has 0 aromatic heterocycles. The zero-order valence-electron chi connectivity index (χ0n) is 18.7. The Morgan fingerprint density at radius 1 is 1.12 bits per heavy atom. The average molecular weight is 436 g/mol. The molecule has 2 aromatic carbocycles. The van der Waals surface area contributed by atoms with E-state index in [-0.39, 0.29) is 17.4 Å². The highest BCUT2D eigenvalue weighted by Gasteiger charge is 2.47. The second-order valence-corrected chi connectivity index (χ2v) is 8.64. The fourth-order valence-corrected chi connectivity index (χ4v) is 4.39. The highest BCUT2D eigenvalue weighted by Crippen LogP contribution is 2.40. The molecule has 0 saturated carbocycles. The minimum absolute atomic E-state index is 0.105. The molecule has 2 aromatic rings. The summed E-state index contributed by atoms with van der Waals surface area (Å²) in [6.07, 6.45) is 1.68. The summed E-state index contributed by atoms with van der Waals surface area (Å²) in [5, 5.41) is 11.1. The molecule has 0 aliphatic carbocycles. The second kappa shape index (κ2) is 9.17. The molecule has 0 radical (unpaired) electrons. The molecular weight excluding hydrogens is 406 g/mol. The maximum atomic E-state index is 13.1. The van der Waals surface area contributed by atoms with Crippen LogP contribution in [0.15, 0.2) is 54.1 Å². The van der Waals surface area contributed by atoms with Crippen LogP contribution in [0.5, 0.6) is 5.75 Å². The van der Waals surface area contributed by atoms with Crippen molar-refractivity contribution in [1.82, 2.24) is 4.90 Å². The highest BCUT2D eigenvalue weighted by molar-refractivity contribution is 6.46. The number of likely N-dealkylation sites (tertiary alicyclic amines) is 1. The zero-order valence-corrected chi connectivity index (χ0v) is 18.7. The molecule has 6 heteroatoms. The molecule has 4 rings (SSSR count). The number of ketones is 1. The number of hydrogen-bond donors (Lipinski definition) is 1. The van der Waals surface area contributed by atoms with E-state index < -0.39 is 17.7 Å². The molecular formula is C26H29NO5.